The summed E-state index contributed by atoms with van der Waals surface area (Å²) in [5, 5.41) is 8.55. The number of hydrogen-bond acceptors (Lipinski definition) is 4. The minimum atomic E-state index is -0.704. The number of nitrogens with one attached hydrogen (secondary N) is 3. The molecule has 4 rings (SSSR count). The Kier molecular flexibility index (Phi) is 6.19. The number of anilines is 1. The van der Waals surface area contributed by atoms with Gasteiger partial charge < -0.3 is 16.0 Å². The van der Waals surface area contributed by atoms with Crippen LogP contribution in [0.4, 0.5) is 5.69 Å². The van der Waals surface area contributed by atoms with Crippen LogP contribution in [-0.2, 0) is 16.0 Å². The summed E-state index contributed by atoms with van der Waals surface area (Å²) in [4.78, 5) is 39.4. The highest BCUT2D eigenvalue weighted by molar-refractivity contribution is 8.03. The van der Waals surface area contributed by atoms with Crippen molar-refractivity contribution >= 4 is 35.2 Å². The average Bonchev–Trinajstić information content (AvgIpc) is 2.93. The highest BCUT2D eigenvalue weighted by Crippen LogP contribution is 2.45. The summed E-state index contributed by atoms with van der Waals surface area (Å²) in [6, 6.07) is 15.3. The lowest BCUT2D eigenvalue weighted by Crippen LogP contribution is -2.36. The Balaban J connectivity index is 1.51. The number of amides is 3. The van der Waals surface area contributed by atoms with Crippen LogP contribution < -0.4 is 16.0 Å². The van der Waals surface area contributed by atoms with Gasteiger partial charge in [0.05, 0.1) is 11.1 Å². The van der Waals surface area contributed by atoms with Gasteiger partial charge in [0.25, 0.3) is 11.8 Å². The van der Waals surface area contributed by atoms with Gasteiger partial charge in [-0.1, -0.05) is 54.2 Å². The predicted octanol–water partition coefficient (Wildman–Crippen LogP) is 3.67. The SMILES string of the molecule is CNC(=O)C1(C)C=C2Sc3ccc(C(=O)NCCc4ccccc4)cc3NC(=O)C2=CC1. The number of hydrogen-bond donors (Lipinski definition) is 3. The van der Waals surface area contributed by atoms with Gasteiger partial charge in [0.1, 0.15) is 0 Å². The van der Waals surface area contributed by atoms with Gasteiger partial charge in [-0.05, 0) is 43.5 Å². The molecule has 6 nitrogen and oxygen atoms in total. The third kappa shape index (κ3) is 4.48. The van der Waals surface area contributed by atoms with Crippen LogP contribution >= 0.6 is 11.8 Å². The maximum Gasteiger partial charge on any atom is 0.256 e. The van der Waals surface area contributed by atoms with Crippen molar-refractivity contribution in [3.63, 3.8) is 0 Å². The standard InChI is InChI=1S/C25H25N3O3S/c1-25(24(31)26-2)12-10-18-21(15-25)32-20-9-8-17(14-19(20)28-23(18)30)22(29)27-13-11-16-6-4-3-5-7-16/h3-10,14-15H,11-13H2,1-2H3,(H,26,31)(H,27,29)(H,28,30). The van der Waals surface area contributed by atoms with Gasteiger partial charge in [-0.3, -0.25) is 14.4 Å². The first-order chi connectivity index (χ1) is 15.4. The Hall–Kier alpha value is -3.32. The molecule has 0 saturated heterocycles. The van der Waals surface area contributed by atoms with Crippen LogP contribution in [-0.4, -0.2) is 31.3 Å². The summed E-state index contributed by atoms with van der Waals surface area (Å²) >= 11 is 1.43. The zero-order valence-electron chi connectivity index (χ0n) is 18.0. The molecule has 3 amide bonds. The van der Waals surface area contributed by atoms with Gasteiger partial charge in [0.15, 0.2) is 0 Å². The molecule has 0 aromatic heterocycles. The Morgan fingerprint density at radius 2 is 1.94 bits per heavy atom. The van der Waals surface area contributed by atoms with Gasteiger partial charge >= 0.3 is 0 Å². The van der Waals surface area contributed by atoms with E-state index < -0.39 is 5.41 Å². The second kappa shape index (κ2) is 9.04. The molecule has 0 spiro atoms. The first-order valence-corrected chi connectivity index (χ1v) is 11.3. The van der Waals surface area contributed by atoms with Crippen LogP contribution in [0, 0.1) is 5.41 Å². The van der Waals surface area contributed by atoms with Gasteiger partial charge in [0.2, 0.25) is 5.91 Å². The molecule has 0 fully saturated rings. The lowest BCUT2D eigenvalue weighted by Gasteiger charge is -2.27. The van der Waals surface area contributed by atoms with Gasteiger partial charge in [-0.2, -0.15) is 0 Å². The third-order valence-corrected chi connectivity index (χ3v) is 6.82. The van der Waals surface area contributed by atoms with Gasteiger partial charge in [0, 0.05) is 34.5 Å². The van der Waals surface area contributed by atoms with Crippen LogP contribution in [0.15, 0.2) is 76.1 Å². The highest BCUT2D eigenvalue weighted by Gasteiger charge is 2.36. The van der Waals surface area contributed by atoms with Crippen LogP contribution in [0.1, 0.15) is 29.3 Å². The van der Waals surface area contributed by atoms with E-state index in [2.05, 4.69) is 16.0 Å². The molecule has 1 aliphatic heterocycles. The fourth-order valence-electron chi connectivity index (χ4n) is 3.81. The van der Waals surface area contributed by atoms with Crippen molar-refractivity contribution in [3.8, 4) is 0 Å². The maximum absolute atomic E-state index is 12.8. The van der Waals surface area contributed by atoms with Crippen LogP contribution in [0.2, 0.25) is 0 Å². The zero-order valence-corrected chi connectivity index (χ0v) is 18.8. The first-order valence-electron chi connectivity index (χ1n) is 10.5. The van der Waals surface area contributed by atoms with Crippen molar-refractivity contribution in [2.24, 2.45) is 5.41 Å². The molecule has 3 N–H and O–H groups in total. The molecule has 1 aliphatic carbocycles. The number of carbonyl (C=O) groups excluding carboxylic acids is 3. The van der Waals surface area contributed by atoms with E-state index in [9.17, 15) is 14.4 Å². The topological polar surface area (TPSA) is 87.3 Å². The molecule has 1 unspecified atom stereocenters. The van der Waals surface area contributed by atoms with E-state index in [1.54, 1.807) is 19.2 Å². The summed E-state index contributed by atoms with van der Waals surface area (Å²) in [5.41, 5.74) is 2.09. The molecule has 0 bridgehead atoms. The van der Waals surface area contributed by atoms with Crippen LogP contribution in [0.25, 0.3) is 0 Å². The van der Waals surface area contributed by atoms with Gasteiger partial charge in [-0.25, -0.2) is 0 Å². The number of rotatable bonds is 5. The second-order valence-electron chi connectivity index (χ2n) is 8.09. The Bertz CT molecular complexity index is 1140. The Labute approximate surface area is 191 Å². The third-order valence-electron chi connectivity index (χ3n) is 5.69. The Morgan fingerprint density at radius 1 is 1.16 bits per heavy atom. The van der Waals surface area contributed by atoms with E-state index in [0.717, 1.165) is 21.8 Å². The molecular weight excluding hydrogens is 422 g/mol. The molecule has 1 atom stereocenters. The maximum atomic E-state index is 12.8. The Morgan fingerprint density at radius 3 is 2.69 bits per heavy atom. The zero-order chi connectivity index (χ0) is 22.7. The molecule has 32 heavy (non-hydrogen) atoms. The fraction of sp³-hybridized carbons (Fsp3) is 0.240. The largest absolute Gasteiger partial charge is 0.358 e. The van der Waals surface area contributed by atoms with Crippen molar-refractivity contribution in [1.29, 1.82) is 0 Å². The number of allylic oxidation sites excluding steroid dienone is 1. The van der Waals surface area contributed by atoms with E-state index in [0.29, 0.717) is 29.8 Å². The van der Waals surface area contributed by atoms with Crippen LogP contribution in [0.3, 0.4) is 0 Å². The summed E-state index contributed by atoms with van der Waals surface area (Å²) in [5.74, 6) is -0.508. The number of carbonyl (C=O) groups is 3. The smallest absolute Gasteiger partial charge is 0.256 e. The minimum absolute atomic E-state index is 0.0895. The number of fused-ring (bicyclic) bond motifs is 2. The van der Waals surface area contributed by atoms with Crippen molar-refractivity contribution in [3.05, 3.63) is 82.3 Å². The lowest BCUT2D eigenvalue weighted by atomic mass is 9.81. The molecule has 0 radical (unpaired) electrons. The summed E-state index contributed by atoms with van der Waals surface area (Å²) in [6.07, 6.45) is 4.88. The molecular formula is C25H25N3O3S. The summed E-state index contributed by atoms with van der Waals surface area (Å²) in [6.45, 7) is 2.39. The first kappa shape index (κ1) is 21.9. The molecule has 0 saturated carbocycles. The van der Waals surface area contributed by atoms with E-state index in [4.69, 9.17) is 0 Å². The van der Waals surface area contributed by atoms with Gasteiger partial charge in [-0.15, -0.1) is 0 Å². The van der Waals surface area contributed by atoms with Crippen molar-refractivity contribution in [2.75, 3.05) is 18.9 Å². The van der Waals surface area contributed by atoms with Crippen molar-refractivity contribution in [1.82, 2.24) is 10.6 Å². The average molecular weight is 448 g/mol. The molecule has 164 valence electrons. The fourth-order valence-corrected chi connectivity index (χ4v) is 5.00. The summed E-state index contributed by atoms with van der Waals surface area (Å²) in [7, 11) is 1.61. The summed E-state index contributed by atoms with van der Waals surface area (Å²) < 4.78 is 0. The number of thioether (sulfide) groups is 1. The molecule has 2 aromatic rings. The number of benzene rings is 2. The van der Waals surface area contributed by atoms with Crippen molar-refractivity contribution in [2.45, 2.75) is 24.7 Å². The second-order valence-corrected chi connectivity index (χ2v) is 9.17. The lowest BCUT2D eigenvalue weighted by molar-refractivity contribution is -0.127. The van der Waals surface area contributed by atoms with E-state index in [-0.39, 0.29) is 17.7 Å². The van der Waals surface area contributed by atoms with E-state index in [1.807, 2.05) is 55.5 Å². The van der Waals surface area contributed by atoms with Crippen LogP contribution in [0.5, 0.6) is 0 Å². The quantitative estimate of drug-likeness (QED) is 0.653. The molecule has 7 heteroatoms. The van der Waals surface area contributed by atoms with E-state index in [1.165, 1.54) is 11.8 Å². The molecule has 2 aliphatic rings. The van der Waals surface area contributed by atoms with E-state index >= 15 is 0 Å². The predicted molar refractivity (Wildman–Crippen MR) is 126 cm³/mol. The molecule has 2 aromatic carbocycles. The minimum Gasteiger partial charge on any atom is -0.358 e. The monoisotopic (exact) mass is 447 g/mol. The molecule has 1 heterocycles. The highest BCUT2D eigenvalue weighted by atomic mass is 32.2. The van der Waals surface area contributed by atoms with Crippen molar-refractivity contribution < 1.29 is 14.4 Å². The normalized spacial score (nSPS) is 19.4.